The van der Waals surface area contributed by atoms with Gasteiger partial charge in [-0.25, -0.2) is 0 Å². The molecule has 5 rings (SSSR count). The van der Waals surface area contributed by atoms with E-state index in [1.807, 2.05) is 66.4 Å². The normalized spacial score (nSPS) is 23.9. The summed E-state index contributed by atoms with van der Waals surface area (Å²) in [6.07, 6.45) is 0.756. The van der Waals surface area contributed by atoms with Crippen molar-refractivity contribution in [2.45, 2.75) is 31.7 Å². The fourth-order valence-electron chi connectivity index (χ4n) is 4.37. The molecule has 30 heavy (non-hydrogen) atoms. The molecule has 0 N–H and O–H groups in total. The van der Waals surface area contributed by atoms with Gasteiger partial charge in [0.05, 0.1) is 19.3 Å². The largest absolute Gasteiger partial charge is 0.489 e. The molecule has 2 aliphatic rings. The summed E-state index contributed by atoms with van der Waals surface area (Å²) in [5.74, 6) is 0.971. The van der Waals surface area contributed by atoms with Gasteiger partial charge in [0.15, 0.2) is 5.76 Å². The topological polar surface area (TPSA) is 61.1 Å². The number of benzene rings is 2. The lowest BCUT2D eigenvalue weighted by Gasteiger charge is -2.41. The van der Waals surface area contributed by atoms with Crippen molar-refractivity contribution in [1.29, 1.82) is 0 Å². The lowest BCUT2D eigenvalue weighted by atomic mass is 9.94. The second-order valence-electron chi connectivity index (χ2n) is 7.91. The van der Waals surface area contributed by atoms with E-state index in [4.69, 9.17) is 18.6 Å². The molecule has 1 aromatic heterocycles. The molecule has 6 heteroatoms. The van der Waals surface area contributed by atoms with Gasteiger partial charge in [-0.2, -0.15) is 0 Å². The Morgan fingerprint density at radius 1 is 1.13 bits per heavy atom. The van der Waals surface area contributed by atoms with E-state index in [0.717, 1.165) is 23.1 Å². The summed E-state index contributed by atoms with van der Waals surface area (Å²) in [7, 11) is 0. The van der Waals surface area contributed by atoms with Crippen molar-refractivity contribution in [2.24, 2.45) is 0 Å². The molecular weight excluding hydrogens is 382 g/mol. The third-order valence-electron chi connectivity index (χ3n) is 6.15. The quantitative estimate of drug-likeness (QED) is 0.653. The first-order valence-corrected chi connectivity index (χ1v) is 10.4. The minimum absolute atomic E-state index is 0.0374. The maximum absolute atomic E-state index is 13.5. The van der Waals surface area contributed by atoms with Crippen molar-refractivity contribution in [3.63, 3.8) is 0 Å². The molecule has 3 heterocycles. The minimum Gasteiger partial charge on any atom is -0.489 e. The van der Waals surface area contributed by atoms with E-state index in [1.165, 1.54) is 0 Å². The summed E-state index contributed by atoms with van der Waals surface area (Å²) in [5.41, 5.74) is 1.03. The average molecular weight is 407 g/mol. The van der Waals surface area contributed by atoms with Crippen LogP contribution < -0.4 is 4.74 Å². The molecular formula is C24H25NO5. The number of carbonyl (C=O) groups is 1. The monoisotopic (exact) mass is 407 g/mol. The van der Waals surface area contributed by atoms with Crippen molar-refractivity contribution in [3.8, 4) is 5.75 Å². The van der Waals surface area contributed by atoms with Crippen molar-refractivity contribution >= 4 is 16.9 Å². The Morgan fingerprint density at radius 2 is 1.93 bits per heavy atom. The number of ether oxygens (including phenoxy) is 3. The number of rotatable bonds is 4. The molecule has 156 valence electrons. The molecule has 0 bridgehead atoms. The highest BCUT2D eigenvalue weighted by molar-refractivity contribution is 5.99. The zero-order valence-corrected chi connectivity index (χ0v) is 17.0. The predicted molar refractivity (Wildman–Crippen MR) is 112 cm³/mol. The lowest BCUT2D eigenvalue weighted by molar-refractivity contribution is -0.127. The first-order valence-electron chi connectivity index (χ1n) is 10.4. The molecule has 0 saturated carbocycles. The van der Waals surface area contributed by atoms with Crippen LogP contribution in [0.3, 0.4) is 0 Å². The number of para-hydroxylation sites is 2. The van der Waals surface area contributed by atoms with E-state index in [9.17, 15) is 4.79 Å². The summed E-state index contributed by atoms with van der Waals surface area (Å²) in [5, 5.41) is 0.900. The van der Waals surface area contributed by atoms with Crippen LogP contribution >= 0.6 is 0 Å². The third-order valence-corrected chi connectivity index (χ3v) is 6.15. The zero-order valence-electron chi connectivity index (χ0n) is 17.0. The van der Waals surface area contributed by atoms with Crippen LogP contribution in [0.25, 0.3) is 11.0 Å². The maximum Gasteiger partial charge on any atom is 0.290 e. The van der Waals surface area contributed by atoms with E-state index in [-0.39, 0.29) is 18.6 Å². The van der Waals surface area contributed by atoms with E-state index < -0.39 is 5.60 Å². The smallest absolute Gasteiger partial charge is 0.290 e. The second-order valence-corrected chi connectivity index (χ2v) is 7.91. The lowest BCUT2D eigenvalue weighted by Crippen LogP contribution is -2.56. The van der Waals surface area contributed by atoms with Gasteiger partial charge < -0.3 is 23.5 Å². The summed E-state index contributed by atoms with van der Waals surface area (Å²) >= 11 is 0. The number of nitrogens with zero attached hydrogens (tertiary/aromatic N) is 1. The van der Waals surface area contributed by atoms with E-state index in [0.29, 0.717) is 37.6 Å². The van der Waals surface area contributed by atoms with Gasteiger partial charge in [-0.15, -0.1) is 0 Å². The van der Waals surface area contributed by atoms with Gasteiger partial charge in [-0.1, -0.05) is 36.4 Å². The Bertz CT molecular complexity index is 1050. The zero-order chi connectivity index (χ0) is 20.6. The van der Waals surface area contributed by atoms with Gasteiger partial charge in [-0.3, -0.25) is 4.79 Å². The van der Waals surface area contributed by atoms with Gasteiger partial charge in [0.2, 0.25) is 0 Å². The number of morpholine rings is 1. The molecule has 1 spiro atoms. The molecule has 2 saturated heterocycles. The number of hydrogen-bond donors (Lipinski definition) is 0. The molecule has 0 radical (unpaired) electrons. The van der Waals surface area contributed by atoms with Gasteiger partial charge in [-0.05, 0) is 25.1 Å². The standard InChI is InChI=1S/C24H25NO5/c1-17-24(11-13-27-17)16-25(12-14-29-24)23(26)22-20(15-28-18-7-3-2-4-8-18)19-9-5-6-10-21(19)30-22/h2-10,17H,11-16H2,1H3. The van der Waals surface area contributed by atoms with Crippen LogP contribution in [-0.2, 0) is 16.1 Å². The minimum atomic E-state index is -0.430. The first kappa shape index (κ1) is 19.2. The Hall–Kier alpha value is -2.83. The van der Waals surface area contributed by atoms with E-state index in [1.54, 1.807) is 0 Å². The maximum atomic E-state index is 13.5. The van der Waals surface area contributed by atoms with E-state index >= 15 is 0 Å². The summed E-state index contributed by atoms with van der Waals surface area (Å²) in [6, 6.07) is 17.3. The van der Waals surface area contributed by atoms with Crippen LogP contribution in [-0.4, -0.2) is 48.8 Å². The molecule has 2 fully saturated rings. The van der Waals surface area contributed by atoms with Gasteiger partial charge in [0.25, 0.3) is 5.91 Å². The predicted octanol–water partition coefficient (Wildman–Crippen LogP) is 4.03. The SMILES string of the molecule is CC1OCCC12CN(C(=O)c1oc3ccccc3c1COc1ccccc1)CCO2. The van der Waals surface area contributed by atoms with Crippen LogP contribution in [0.1, 0.15) is 29.5 Å². The third kappa shape index (κ3) is 3.36. The number of hydrogen-bond acceptors (Lipinski definition) is 5. The van der Waals surface area contributed by atoms with Gasteiger partial charge in [0.1, 0.15) is 23.5 Å². The number of fused-ring (bicyclic) bond motifs is 1. The fourth-order valence-corrected chi connectivity index (χ4v) is 4.37. The van der Waals surface area contributed by atoms with Gasteiger partial charge in [0, 0.05) is 30.5 Å². The average Bonchev–Trinajstić information content (AvgIpc) is 3.33. The summed E-state index contributed by atoms with van der Waals surface area (Å²) in [6.45, 7) is 4.46. The molecule has 2 unspecified atom stereocenters. The molecule has 3 aromatic rings. The summed E-state index contributed by atoms with van der Waals surface area (Å²) in [4.78, 5) is 15.4. The Kier molecular flexibility index (Phi) is 4.97. The molecule has 1 amide bonds. The fraction of sp³-hybridized carbons (Fsp3) is 0.375. The molecule has 0 aliphatic carbocycles. The van der Waals surface area contributed by atoms with Crippen molar-refractivity contribution in [1.82, 2.24) is 4.90 Å². The highest BCUT2D eigenvalue weighted by atomic mass is 16.6. The van der Waals surface area contributed by atoms with Crippen molar-refractivity contribution in [2.75, 3.05) is 26.3 Å². The molecule has 2 aliphatic heterocycles. The Labute approximate surface area is 175 Å². The van der Waals surface area contributed by atoms with Crippen LogP contribution in [0, 0.1) is 0 Å². The van der Waals surface area contributed by atoms with Gasteiger partial charge >= 0.3 is 0 Å². The van der Waals surface area contributed by atoms with Crippen molar-refractivity contribution < 1.29 is 23.4 Å². The van der Waals surface area contributed by atoms with Crippen LogP contribution in [0.4, 0.5) is 0 Å². The molecule has 2 aromatic carbocycles. The Balaban J connectivity index is 1.45. The van der Waals surface area contributed by atoms with Crippen molar-refractivity contribution in [3.05, 3.63) is 65.9 Å². The first-order chi connectivity index (χ1) is 14.7. The number of carbonyl (C=O) groups excluding carboxylic acids is 1. The van der Waals surface area contributed by atoms with Crippen LogP contribution in [0.5, 0.6) is 5.75 Å². The highest BCUT2D eigenvalue weighted by Gasteiger charge is 2.47. The van der Waals surface area contributed by atoms with Crippen LogP contribution in [0.15, 0.2) is 59.0 Å². The Morgan fingerprint density at radius 3 is 2.73 bits per heavy atom. The van der Waals surface area contributed by atoms with E-state index in [2.05, 4.69) is 0 Å². The number of amides is 1. The molecule has 2 atom stereocenters. The van der Waals surface area contributed by atoms with Crippen LogP contribution in [0.2, 0.25) is 0 Å². The molecule has 6 nitrogen and oxygen atoms in total. The second kappa shape index (κ2) is 7.78. The number of furan rings is 1. The summed E-state index contributed by atoms with van der Waals surface area (Å²) < 4.78 is 23.8. The highest BCUT2D eigenvalue weighted by Crippen LogP contribution is 2.35.